The molecule has 1 aliphatic heterocycles. The summed E-state index contributed by atoms with van der Waals surface area (Å²) >= 11 is 0. The molecule has 5 nitrogen and oxygen atoms in total. The fourth-order valence-electron chi connectivity index (χ4n) is 3.10. The van der Waals surface area contributed by atoms with Gasteiger partial charge in [-0.15, -0.1) is 0 Å². The zero-order valence-corrected chi connectivity index (χ0v) is 15.0. The summed E-state index contributed by atoms with van der Waals surface area (Å²) in [7, 11) is 0. The predicted molar refractivity (Wildman–Crippen MR) is 97.6 cm³/mol. The van der Waals surface area contributed by atoms with Crippen LogP contribution in [0, 0.1) is 5.82 Å². The Balaban J connectivity index is 1.45. The minimum absolute atomic E-state index is 0.0995. The number of hydrogen-bond acceptors (Lipinski definition) is 4. The standard InChI is InChI=1S/C20H24FN3O2/c1-2-26-19-8-5-16(13-22-19)20(25)23-18-9-11-24(12-10-18)14-15-3-6-17(21)7-4-15/h3-8,13,18H,2,9-12,14H2,1H3,(H,23,25). The number of ether oxygens (including phenoxy) is 1. The molecule has 138 valence electrons. The maximum absolute atomic E-state index is 13.0. The number of hydrogen-bond donors (Lipinski definition) is 1. The Morgan fingerprint density at radius 3 is 2.58 bits per heavy atom. The van der Waals surface area contributed by atoms with Crippen molar-refractivity contribution >= 4 is 5.91 Å². The second-order valence-corrected chi connectivity index (χ2v) is 6.47. The van der Waals surface area contributed by atoms with Crippen LogP contribution < -0.4 is 10.1 Å². The van der Waals surface area contributed by atoms with Crippen molar-refractivity contribution in [3.8, 4) is 5.88 Å². The second-order valence-electron chi connectivity index (χ2n) is 6.47. The van der Waals surface area contributed by atoms with Crippen molar-refractivity contribution in [1.82, 2.24) is 15.2 Å². The number of aromatic nitrogens is 1. The highest BCUT2D eigenvalue weighted by Gasteiger charge is 2.21. The van der Waals surface area contributed by atoms with E-state index in [9.17, 15) is 9.18 Å². The van der Waals surface area contributed by atoms with Crippen molar-refractivity contribution in [2.75, 3.05) is 19.7 Å². The summed E-state index contributed by atoms with van der Waals surface area (Å²) in [4.78, 5) is 18.8. The van der Waals surface area contributed by atoms with Crippen molar-refractivity contribution in [3.63, 3.8) is 0 Å². The Morgan fingerprint density at radius 1 is 1.23 bits per heavy atom. The summed E-state index contributed by atoms with van der Waals surface area (Å²) in [6.07, 6.45) is 3.35. The van der Waals surface area contributed by atoms with Gasteiger partial charge in [0.1, 0.15) is 5.82 Å². The van der Waals surface area contributed by atoms with Crippen LogP contribution in [0.4, 0.5) is 4.39 Å². The molecule has 1 aromatic carbocycles. The highest BCUT2D eigenvalue weighted by molar-refractivity contribution is 5.94. The van der Waals surface area contributed by atoms with E-state index in [4.69, 9.17) is 4.74 Å². The third kappa shape index (κ3) is 5.02. The molecule has 1 amide bonds. The topological polar surface area (TPSA) is 54.5 Å². The predicted octanol–water partition coefficient (Wildman–Crippen LogP) is 3.01. The first-order chi connectivity index (χ1) is 12.6. The van der Waals surface area contributed by atoms with Crippen molar-refractivity contribution in [3.05, 3.63) is 59.5 Å². The number of benzene rings is 1. The molecule has 1 aliphatic rings. The number of rotatable bonds is 6. The number of pyridine rings is 1. The molecule has 1 saturated heterocycles. The van der Waals surface area contributed by atoms with E-state index in [0.29, 0.717) is 18.1 Å². The highest BCUT2D eigenvalue weighted by atomic mass is 19.1. The Labute approximate surface area is 153 Å². The molecule has 0 atom stereocenters. The van der Waals surface area contributed by atoms with Gasteiger partial charge in [-0.2, -0.15) is 0 Å². The van der Waals surface area contributed by atoms with Crippen molar-refractivity contribution < 1.29 is 13.9 Å². The number of piperidine rings is 1. The SMILES string of the molecule is CCOc1ccc(C(=O)NC2CCN(Cc3ccc(F)cc3)CC2)cn1. The molecular formula is C20H24FN3O2. The number of nitrogens with one attached hydrogen (secondary N) is 1. The molecule has 0 unspecified atom stereocenters. The lowest BCUT2D eigenvalue weighted by Gasteiger charge is -2.32. The molecule has 0 aliphatic carbocycles. The Kier molecular flexibility index (Phi) is 6.17. The summed E-state index contributed by atoms with van der Waals surface area (Å²) in [5, 5.41) is 3.08. The van der Waals surface area contributed by atoms with Gasteiger partial charge in [0.2, 0.25) is 5.88 Å². The maximum atomic E-state index is 13.0. The van der Waals surface area contributed by atoms with Crippen molar-refractivity contribution in [2.24, 2.45) is 0 Å². The van der Waals surface area contributed by atoms with Gasteiger partial charge in [-0.1, -0.05) is 12.1 Å². The lowest BCUT2D eigenvalue weighted by atomic mass is 10.0. The summed E-state index contributed by atoms with van der Waals surface area (Å²) in [6, 6.07) is 10.2. The van der Waals surface area contributed by atoms with Gasteiger partial charge in [0, 0.05) is 37.9 Å². The molecule has 0 bridgehead atoms. The van der Waals surface area contributed by atoms with Crippen LogP contribution in [0.5, 0.6) is 5.88 Å². The number of carbonyl (C=O) groups excluding carboxylic acids is 1. The first-order valence-electron chi connectivity index (χ1n) is 9.00. The molecule has 2 aromatic rings. The first kappa shape index (κ1) is 18.3. The average molecular weight is 357 g/mol. The van der Waals surface area contributed by atoms with E-state index < -0.39 is 0 Å². The van der Waals surface area contributed by atoms with Crippen LogP contribution in [-0.2, 0) is 6.54 Å². The van der Waals surface area contributed by atoms with Crippen LogP contribution in [0.2, 0.25) is 0 Å². The number of likely N-dealkylation sites (tertiary alicyclic amines) is 1. The number of amides is 1. The minimum Gasteiger partial charge on any atom is -0.478 e. The summed E-state index contributed by atoms with van der Waals surface area (Å²) in [5.41, 5.74) is 1.65. The Bertz CT molecular complexity index is 711. The molecule has 1 fully saturated rings. The van der Waals surface area contributed by atoms with Crippen LogP contribution in [0.3, 0.4) is 0 Å². The molecule has 0 radical (unpaired) electrons. The summed E-state index contributed by atoms with van der Waals surface area (Å²) in [6.45, 7) is 5.07. The average Bonchev–Trinajstić information content (AvgIpc) is 2.66. The van der Waals surface area contributed by atoms with Crippen LogP contribution in [0.1, 0.15) is 35.7 Å². The van der Waals surface area contributed by atoms with Gasteiger partial charge >= 0.3 is 0 Å². The third-order valence-corrected chi connectivity index (χ3v) is 4.53. The zero-order valence-electron chi connectivity index (χ0n) is 15.0. The second kappa shape index (κ2) is 8.76. The molecule has 3 rings (SSSR count). The molecule has 1 aromatic heterocycles. The summed E-state index contributed by atoms with van der Waals surface area (Å²) < 4.78 is 18.3. The maximum Gasteiger partial charge on any atom is 0.253 e. The van der Waals surface area contributed by atoms with Crippen LogP contribution >= 0.6 is 0 Å². The quantitative estimate of drug-likeness (QED) is 0.863. The van der Waals surface area contributed by atoms with Gasteiger partial charge in [-0.05, 0) is 43.5 Å². The van der Waals surface area contributed by atoms with E-state index in [1.807, 2.05) is 19.1 Å². The Hall–Kier alpha value is -2.47. The molecule has 2 heterocycles. The van der Waals surface area contributed by atoms with Crippen LogP contribution in [0.15, 0.2) is 42.6 Å². The van der Waals surface area contributed by atoms with E-state index in [0.717, 1.165) is 38.0 Å². The molecular weight excluding hydrogens is 333 g/mol. The first-order valence-corrected chi connectivity index (χ1v) is 9.00. The lowest BCUT2D eigenvalue weighted by molar-refractivity contribution is 0.0908. The van der Waals surface area contributed by atoms with E-state index in [2.05, 4.69) is 15.2 Å². The van der Waals surface area contributed by atoms with Crippen LogP contribution in [0.25, 0.3) is 0 Å². The van der Waals surface area contributed by atoms with E-state index in [-0.39, 0.29) is 17.8 Å². The van der Waals surface area contributed by atoms with Gasteiger partial charge in [0.25, 0.3) is 5.91 Å². The van der Waals surface area contributed by atoms with Gasteiger partial charge in [0.15, 0.2) is 0 Å². The zero-order chi connectivity index (χ0) is 18.4. The van der Waals surface area contributed by atoms with Gasteiger partial charge in [0.05, 0.1) is 12.2 Å². The minimum atomic E-state index is -0.209. The van der Waals surface area contributed by atoms with E-state index in [1.165, 1.54) is 12.1 Å². The monoisotopic (exact) mass is 357 g/mol. The molecule has 6 heteroatoms. The normalized spacial score (nSPS) is 15.6. The van der Waals surface area contributed by atoms with Crippen LogP contribution in [-0.4, -0.2) is 41.5 Å². The smallest absolute Gasteiger partial charge is 0.253 e. The lowest BCUT2D eigenvalue weighted by Crippen LogP contribution is -2.44. The third-order valence-electron chi connectivity index (χ3n) is 4.53. The van der Waals surface area contributed by atoms with E-state index in [1.54, 1.807) is 18.3 Å². The highest BCUT2D eigenvalue weighted by Crippen LogP contribution is 2.15. The number of halogens is 1. The molecule has 0 spiro atoms. The fourth-order valence-corrected chi connectivity index (χ4v) is 3.10. The van der Waals surface area contributed by atoms with Gasteiger partial charge in [-0.3, -0.25) is 9.69 Å². The number of carbonyl (C=O) groups is 1. The van der Waals surface area contributed by atoms with Crippen molar-refractivity contribution in [2.45, 2.75) is 32.4 Å². The molecule has 0 saturated carbocycles. The fraction of sp³-hybridized carbons (Fsp3) is 0.400. The number of nitrogens with zero attached hydrogens (tertiary/aromatic N) is 2. The van der Waals surface area contributed by atoms with Crippen molar-refractivity contribution in [1.29, 1.82) is 0 Å². The molecule has 26 heavy (non-hydrogen) atoms. The van der Waals surface area contributed by atoms with Gasteiger partial charge in [-0.25, -0.2) is 9.37 Å². The van der Waals surface area contributed by atoms with E-state index >= 15 is 0 Å². The molecule has 1 N–H and O–H groups in total. The Morgan fingerprint density at radius 2 is 1.96 bits per heavy atom. The summed E-state index contributed by atoms with van der Waals surface area (Å²) in [5.74, 6) is 0.217. The largest absolute Gasteiger partial charge is 0.478 e. The van der Waals surface area contributed by atoms with Gasteiger partial charge < -0.3 is 10.1 Å².